The van der Waals surface area contributed by atoms with E-state index in [9.17, 15) is 4.79 Å². The summed E-state index contributed by atoms with van der Waals surface area (Å²) in [6.07, 6.45) is 0.549. The van der Waals surface area contributed by atoms with Gasteiger partial charge in [-0.2, -0.15) is 0 Å². The highest BCUT2D eigenvalue weighted by Gasteiger charge is 2.14. The Morgan fingerprint density at radius 2 is 2.00 bits per heavy atom. The molecule has 0 rings (SSSR count). The van der Waals surface area contributed by atoms with Gasteiger partial charge in [0.2, 0.25) is 5.91 Å². The molecule has 0 aliphatic carbocycles. The fraction of sp³-hybridized carbons (Fsp3) is 0.750. The van der Waals surface area contributed by atoms with Gasteiger partial charge < -0.3 is 10.1 Å². The molecule has 0 atom stereocenters. The highest BCUT2D eigenvalue weighted by atomic mass is 16.5. The van der Waals surface area contributed by atoms with Gasteiger partial charge >= 0.3 is 0 Å². The van der Waals surface area contributed by atoms with Gasteiger partial charge in [0.25, 0.3) is 0 Å². The first-order valence-corrected chi connectivity index (χ1v) is 5.30. The second-order valence-corrected chi connectivity index (χ2v) is 5.10. The molecule has 0 unspecified atom stereocenters. The standard InChI is InChI=1S/C12H23NO2/c1-10(2)9-15-7-6-13-11(14)8-12(3,4)5/h1,6-9H2,2-5H3,(H,13,14). The molecule has 0 aromatic carbocycles. The van der Waals surface area contributed by atoms with Crippen LogP contribution in [0, 0.1) is 5.41 Å². The fourth-order valence-corrected chi connectivity index (χ4v) is 1.05. The average molecular weight is 213 g/mol. The van der Waals surface area contributed by atoms with E-state index in [1.165, 1.54) is 0 Å². The first-order valence-electron chi connectivity index (χ1n) is 5.30. The molecular weight excluding hydrogens is 190 g/mol. The topological polar surface area (TPSA) is 38.3 Å². The van der Waals surface area contributed by atoms with E-state index in [0.717, 1.165) is 5.57 Å². The van der Waals surface area contributed by atoms with Crippen molar-refractivity contribution < 1.29 is 9.53 Å². The zero-order valence-corrected chi connectivity index (χ0v) is 10.4. The Kier molecular flexibility index (Phi) is 6.25. The molecule has 1 N–H and O–H groups in total. The third kappa shape index (κ3) is 11.1. The first-order chi connectivity index (χ1) is 6.81. The predicted octanol–water partition coefficient (Wildman–Crippen LogP) is 2.13. The summed E-state index contributed by atoms with van der Waals surface area (Å²) in [5.41, 5.74) is 1.04. The molecule has 0 aromatic heterocycles. The third-order valence-corrected chi connectivity index (χ3v) is 1.61. The molecule has 0 aliphatic heterocycles. The Hall–Kier alpha value is -0.830. The number of hydrogen-bond acceptors (Lipinski definition) is 2. The van der Waals surface area contributed by atoms with Gasteiger partial charge in [0, 0.05) is 13.0 Å². The van der Waals surface area contributed by atoms with Crippen molar-refractivity contribution in [2.24, 2.45) is 5.41 Å². The van der Waals surface area contributed by atoms with Gasteiger partial charge in [-0.1, -0.05) is 32.9 Å². The van der Waals surface area contributed by atoms with Crippen LogP contribution < -0.4 is 5.32 Å². The second kappa shape index (κ2) is 6.62. The molecule has 0 aromatic rings. The highest BCUT2D eigenvalue weighted by Crippen LogP contribution is 2.17. The Bertz CT molecular complexity index is 216. The summed E-state index contributed by atoms with van der Waals surface area (Å²) in [5, 5.41) is 2.82. The summed E-state index contributed by atoms with van der Waals surface area (Å²) in [7, 11) is 0. The monoisotopic (exact) mass is 213 g/mol. The maximum Gasteiger partial charge on any atom is 0.220 e. The summed E-state index contributed by atoms with van der Waals surface area (Å²) >= 11 is 0. The van der Waals surface area contributed by atoms with E-state index in [-0.39, 0.29) is 11.3 Å². The van der Waals surface area contributed by atoms with Crippen LogP contribution in [0.4, 0.5) is 0 Å². The molecule has 0 heterocycles. The lowest BCUT2D eigenvalue weighted by Crippen LogP contribution is -2.30. The van der Waals surface area contributed by atoms with Crippen molar-refractivity contribution in [3.63, 3.8) is 0 Å². The minimum absolute atomic E-state index is 0.0443. The lowest BCUT2D eigenvalue weighted by atomic mass is 9.92. The Labute approximate surface area is 92.9 Å². The SMILES string of the molecule is C=C(C)COCCNC(=O)CC(C)(C)C. The highest BCUT2D eigenvalue weighted by molar-refractivity contribution is 5.76. The van der Waals surface area contributed by atoms with Crippen LogP contribution >= 0.6 is 0 Å². The molecule has 3 nitrogen and oxygen atoms in total. The molecule has 0 bridgehead atoms. The number of hydrogen-bond donors (Lipinski definition) is 1. The lowest BCUT2D eigenvalue weighted by Gasteiger charge is -2.17. The van der Waals surface area contributed by atoms with E-state index in [1.807, 2.05) is 27.7 Å². The summed E-state index contributed by atoms with van der Waals surface area (Å²) in [4.78, 5) is 11.4. The van der Waals surface area contributed by atoms with Crippen molar-refractivity contribution in [2.75, 3.05) is 19.8 Å². The molecular formula is C12H23NO2. The predicted molar refractivity (Wildman–Crippen MR) is 62.7 cm³/mol. The van der Waals surface area contributed by atoms with Crippen molar-refractivity contribution in [3.8, 4) is 0 Å². The number of rotatable bonds is 6. The summed E-state index contributed by atoms with van der Waals surface area (Å²) in [6.45, 7) is 13.5. The zero-order chi connectivity index (χ0) is 11.9. The van der Waals surface area contributed by atoms with E-state index in [2.05, 4.69) is 11.9 Å². The molecule has 0 spiro atoms. The molecule has 0 saturated carbocycles. The van der Waals surface area contributed by atoms with Crippen LogP contribution in [-0.2, 0) is 9.53 Å². The van der Waals surface area contributed by atoms with Crippen LogP contribution in [0.25, 0.3) is 0 Å². The van der Waals surface area contributed by atoms with E-state index in [4.69, 9.17) is 4.74 Å². The number of amides is 1. The number of carbonyl (C=O) groups is 1. The second-order valence-electron chi connectivity index (χ2n) is 5.10. The molecule has 3 heteroatoms. The molecule has 88 valence electrons. The minimum Gasteiger partial charge on any atom is -0.375 e. The molecule has 0 radical (unpaired) electrons. The Morgan fingerprint density at radius 1 is 1.40 bits per heavy atom. The summed E-state index contributed by atoms with van der Waals surface area (Å²) < 4.78 is 5.26. The van der Waals surface area contributed by atoms with Crippen molar-refractivity contribution in [2.45, 2.75) is 34.1 Å². The van der Waals surface area contributed by atoms with E-state index in [1.54, 1.807) is 0 Å². The fourth-order valence-electron chi connectivity index (χ4n) is 1.05. The zero-order valence-electron chi connectivity index (χ0n) is 10.4. The quantitative estimate of drug-likeness (QED) is 0.542. The summed E-state index contributed by atoms with van der Waals surface area (Å²) in [5.74, 6) is 0.0847. The van der Waals surface area contributed by atoms with Gasteiger partial charge in [0.05, 0.1) is 13.2 Å². The third-order valence-electron chi connectivity index (χ3n) is 1.61. The van der Waals surface area contributed by atoms with Gasteiger partial charge in [-0.3, -0.25) is 4.79 Å². The van der Waals surface area contributed by atoms with Crippen LogP contribution in [0.1, 0.15) is 34.1 Å². The van der Waals surface area contributed by atoms with Crippen molar-refractivity contribution in [3.05, 3.63) is 12.2 Å². The van der Waals surface area contributed by atoms with Crippen LogP contribution in [0.15, 0.2) is 12.2 Å². The normalized spacial score (nSPS) is 11.2. The Balaban J connectivity index is 3.44. The van der Waals surface area contributed by atoms with E-state index in [0.29, 0.717) is 26.2 Å². The van der Waals surface area contributed by atoms with Crippen LogP contribution in [0.5, 0.6) is 0 Å². The largest absolute Gasteiger partial charge is 0.375 e. The van der Waals surface area contributed by atoms with Crippen molar-refractivity contribution in [1.29, 1.82) is 0 Å². The number of nitrogens with one attached hydrogen (secondary N) is 1. The van der Waals surface area contributed by atoms with Gasteiger partial charge in [-0.05, 0) is 12.3 Å². The molecule has 1 amide bonds. The molecule has 0 aliphatic rings. The molecule has 0 saturated heterocycles. The van der Waals surface area contributed by atoms with E-state index >= 15 is 0 Å². The summed E-state index contributed by atoms with van der Waals surface area (Å²) in [6, 6.07) is 0. The minimum atomic E-state index is 0.0443. The average Bonchev–Trinajstić information content (AvgIpc) is 1.99. The maximum absolute atomic E-state index is 11.4. The molecule has 15 heavy (non-hydrogen) atoms. The van der Waals surface area contributed by atoms with Crippen molar-refractivity contribution >= 4 is 5.91 Å². The van der Waals surface area contributed by atoms with Crippen LogP contribution in [0.3, 0.4) is 0 Å². The number of ether oxygens (including phenoxy) is 1. The van der Waals surface area contributed by atoms with Crippen molar-refractivity contribution in [1.82, 2.24) is 5.32 Å². The van der Waals surface area contributed by atoms with Crippen LogP contribution in [-0.4, -0.2) is 25.7 Å². The van der Waals surface area contributed by atoms with E-state index < -0.39 is 0 Å². The smallest absolute Gasteiger partial charge is 0.220 e. The lowest BCUT2D eigenvalue weighted by molar-refractivity contribution is -0.123. The maximum atomic E-state index is 11.4. The van der Waals surface area contributed by atoms with Gasteiger partial charge in [-0.15, -0.1) is 0 Å². The van der Waals surface area contributed by atoms with Gasteiger partial charge in [0.1, 0.15) is 0 Å². The Morgan fingerprint density at radius 3 is 2.47 bits per heavy atom. The number of carbonyl (C=O) groups excluding carboxylic acids is 1. The van der Waals surface area contributed by atoms with Gasteiger partial charge in [0.15, 0.2) is 0 Å². The molecule has 0 fully saturated rings. The van der Waals surface area contributed by atoms with Gasteiger partial charge in [-0.25, -0.2) is 0 Å². The first kappa shape index (κ1) is 14.2. The van der Waals surface area contributed by atoms with Crippen LogP contribution in [0.2, 0.25) is 0 Å².